The molecule has 0 saturated heterocycles. The van der Waals surface area contributed by atoms with Gasteiger partial charge in [-0.25, -0.2) is 4.98 Å². The second kappa shape index (κ2) is 8.56. The van der Waals surface area contributed by atoms with Gasteiger partial charge in [0.2, 0.25) is 0 Å². The van der Waals surface area contributed by atoms with Crippen LogP contribution in [0.2, 0.25) is 10.0 Å². The van der Waals surface area contributed by atoms with Crippen molar-refractivity contribution in [3.8, 4) is 0 Å². The molecule has 2 heterocycles. The maximum Gasteiger partial charge on any atom is 0.118 e. The molecule has 0 atom stereocenters. The molecule has 4 nitrogen and oxygen atoms in total. The molecule has 0 spiro atoms. The molecule has 0 N–H and O–H groups in total. The van der Waals surface area contributed by atoms with Crippen LogP contribution in [-0.2, 0) is 19.6 Å². The minimum Gasteiger partial charge on any atom is -0.465 e. The molecule has 2 aromatic heterocycles. The highest BCUT2D eigenvalue weighted by Gasteiger charge is 2.13. The van der Waals surface area contributed by atoms with Gasteiger partial charge in [0, 0.05) is 32.0 Å². The SMILES string of the molecule is Cc1ccc(CN(CCCn2ccnc2)Cc2cccc(Cl)c2Cl)o1. The van der Waals surface area contributed by atoms with Crippen LogP contribution < -0.4 is 0 Å². The van der Waals surface area contributed by atoms with Crippen molar-refractivity contribution in [1.29, 1.82) is 0 Å². The number of rotatable bonds is 8. The summed E-state index contributed by atoms with van der Waals surface area (Å²) in [5, 5.41) is 1.21. The number of hydrogen-bond acceptors (Lipinski definition) is 3. The van der Waals surface area contributed by atoms with E-state index in [-0.39, 0.29) is 0 Å². The first-order valence-electron chi connectivity index (χ1n) is 8.28. The molecule has 0 unspecified atom stereocenters. The fourth-order valence-corrected chi connectivity index (χ4v) is 3.19. The second-order valence-electron chi connectivity index (χ2n) is 6.09. The largest absolute Gasteiger partial charge is 0.465 e. The van der Waals surface area contributed by atoms with E-state index in [1.54, 1.807) is 6.20 Å². The van der Waals surface area contributed by atoms with E-state index in [1.807, 2.05) is 49.8 Å². The van der Waals surface area contributed by atoms with Crippen molar-refractivity contribution in [2.75, 3.05) is 6.54 Å². The molecule has 0 fully saturated rings. The van der Waals surface area contributed by atoms with Gasteiger partial charge in [-0.15, -0.1) is 0 Å². The first-order valence-corrected chi connectivity index (χ1v) is 9.03. The highest BCUT2D eigenvalue weighted by molar-refractivity contribution is 6.42. The van der Waals surface area contributed by atoms with Gasteiger partial charge in [0.25, 0.3) is 0 Å². The van der Waals surface area contributed by atoms with Gasteiger partial charge < -0.3 is 8.98 Å². The molecule has 3 rings (SSSR count). The molecule has 0 bridgehead atoms. The van der Waals surface area contributed by atoms with Crippen LogP contribution >= 0.6 is 23.2 Å². The molecule has 0 aliphatic carbocycles. The monoisotopic (exact) mass is 377 g/mol. The zero-order chi connectivity index (χ0) is 17.6. The summed E-state index contributed by atoms with van der Waals surface area (Å²) in [6.45, 7) is 5.27. The number of halogens is 2. The fraction of sp³-hybridized carbons (Fsp3) is 0.316. The summed E-state index contributed by atoms with van der Waals surface area (Å²) in [6, 6.07) is 9.78. The normalized spacial score (nSPS) is 11.4. The van der Waals surface area contributed by atoms with Gasteiger partial charge in [-0.3, -0.25) is 4.90 Å². The smallest absolute Gasteiger partial charge is 0.118 e. The minimum absolute atomic E-state index is 0.589. The molecule has 6 heteroatoms. The van der Waals surface area contributed by atoms with E-state index in [4.69, 9.17) is 27.6 Å². The third-order valence-electron chi connectivity index (χ3n) is 4.05. The number of nitrogens with zero attached hydrogens (tertiary/aromatic N) is 3. The lowest BCUT2D eigenvalue weighted by Crippen LogP contribution is -2.25. The molecule has 0 aliphatic heterocycles. The number of aromatic nitrogens is 2. The Balaban J connectivity index is 1.67. The molecular weight excluding hydrogens is 357 g/mol. The topological polar surface area (TPSA) is 34.2 Å². The molecule has 0 radical (unpaired) electrons. The average molecular weight is 378 g/mol. The van der Waals surface area contributed by atoms with Crippen molar-refractivity contribution in [2.45, 2.75) is 33.0 Å². The first kappa shape index (κ1) is 18.1. The van der Waals surface area contributed by atoms with Crippen LogP contribution in [0.15, 0.2) is 53.5 Å². The van der Waals surface area contributed by atoms with Crippen molar-refractivity contribution in [1.82, 2.24) is 14.5 Å². The van der Waals surface area contributed by atoms with Crippen molar-refractivity contribution in [3.05, 3.63) is 76.2 Å². The van der Waals surface area contributed by atoms with E-state index < -0.39 is 0 Å². The Morgan fingerprint density at radius 1 is 1.16 bits per heavy atom. The lowest BCUT2D eigenvalue weighted by Gasteiger charge is -2.22. The van der Waals surface area contributed by atoms with E-state index in [0.717, 1.165) is 49.7 Å². The second-order valence-corrected chi connectivity index (χ2v) is 6.88. The molecule has 3 aromatic rings. The zero-order valence-corrected chi connectivity index (χ0v) is 15.7. The van der Waals surface area contributed by atoms with E-state index in [0.29, 0.717) is 10.0 Å². The van der Waals surface area contributed by atoms with Gasteiger partial charge in [0.15, 0.2) is 0 Å². The predicted octanol–water partition coefficient (Wildman–Crippen LogP) is 5.18. The van der Waals surface area contributed by atoms with Crippen LogP contribution in [0.5, 0.6) is 0 Å². The molecule has 25 heavy (non-hydrogen) atoms. The van der Waals surface area contributed by atoms with E-state index >= 15 is 0 Å². The Bertz CT molecular complexity index is 799. The maximum absolute atomic E-state index is 6.37. The van der Waals surface area contributed by atoms with Crippen LogP contribution in [0.3, 0.4) is 0 Å². The summed E-state index contributed by atoms with van der Waals surface area (Å²) in [5.74, 6) is 1.88. The van der Waals surface area contributed by atoms with Gasteiger partial charge in [0.05, 0.1) is 22.9 Å². The molecule has 132 valence electrons. The van der Waals surface area contributed by atoms with Crippen molar-refractivity contribution in [2.24, 2.45) is 0 Å². The summed E-state index contributed by atoms with van der Waals surface area (Å²) in [4.78, 5) is 6.41. The molecule has 0 aliphatic rings. The summed E-state index contributed by atoms with van der Waals surface area (Å²) in [7, 11) is 0. The van der Waals surface area contributed by atoms with Gasteiger partial charge in [-0.2, -0.15) is 0 Å². The number of benzene rings is 1. The first-order chi connectivity index (χ1) is 12.1. The Hall–Kier alpha value is -1.75. The van der Waals surface area contributed by atoms with Crippen LogP contribution in [0, 0.1) is 6.92 Å². The summed E-state index contributed by atoms with van der Waals surface area (Å²) in [6.07, 6.45) is 6.63. The Morgan fingerprint density at radius 3 is 2.76 bits per heavy atom. The van der Waals surface area contributed by atoms with E-state index in [1.165, 1.54) is 0 Å². The van der Waals surface area contributed by atoms with E-state index in [2.05, 4.69) is 14.5 Å². The van der Waals surface area contributed by atoms with Crippen LogP contribution in [0.25, 0.3) is 0 Å². The highest BCUT2D eigenvalue weighted by Crippen LogP contribution is 2.27. The Labute approximate surface area is 158 Å². The molecular formula is C19H21Cl2N3O. The van der Waals surface area contributed by atoms with Crippen LogP contribution in [0.1, 0.15) is 23.5 Å². The van der Waals surface area contributed by atoms with Crippen LogP contribution in [0.4, 0.5) is 0 Å². The zero-order valence-electron chi connectivity index (χ0n) is 14.2. The Morgan fingerprint density at radius 2 is 2.04 bits per heavy atom. The highest BCUT2D eigenvalue weighted by atomic mass is 35.5. The van der Waals surface area contributed by atoms with Crippen molar-refractivity contribution < 1.29 is 4.42 Å². The van der Waals surface area contributed by atoms with Crippen LogP contribution in [-0.4, -0.2) is 21.0 Å². The molecule has 1 aromatic carbocycles. The number of hydrogen-bond donors (Lipinski definition) is 0. The lowest BCUT2D eigenvalue weighted by molar-refractivity contribution is 0.227. The third kappa shape index (κ3) is 5.11. The maximum atomic E-state index is 6.37. The van der Waals surface area contributed by atoms with Crippen molar-refractivity contribution >= 4 is 23.2 Å². The number of imidazole rings is 1. The third-order valence-corrected chi connectivity index (χ3v) is 4.91. The summed E-state index contributed by atoms with van der Waals surface area (Å²) in [5.41, 5.74) is 1.03. The number of furan rings is 1. The quantitative estimate of drug-likeness (QED) is 0.541. The minimum atomic E-state index is 0.589. The molecule has 0 saturated carbocycles. The van der Waals surface area contributed by atoms with E-state index in [9.17, 15) is 0 Å². The lowest BCUT2D eigenvalue weighted by atomic mass is 10.2. The average Bonchev–Trinajstić information content (AvgIpc) is 3.23. The van der Waals surface area contributed by atoms with Gasteiger partial charge in [-0.1, -0.05) is 35.3 Å². The predicted molar refractivity (Wildman–Crippen MR) is 101 cm³/mol. The Kier molecular flexibility index (Phi) is 6.19. The van der Waals surface area contributed by atoms with Gasteiger partial charge >= 0.3 is 0 Å². The summed E-state index contributed by atoms with van der Waals surface area (Å²) < 4.78 is 7.83. The van der Waals surface area contributed by atoms with Gasteiger partial charge in [0.1, 0.15) is 11.5 Å². The van der Waals surface area contributed by atoms with Gasteiger partial charge in [-0.05, 0) is 37.1 Å². The summed E-state index contributed by atoms with van der Waals surface area (Å²) >= 11 is 12.5. The standard InChI is InChI=1S/C19H21Cl2N3O/c1-15-6-7-17(25-15)13-24(10-3-9-23-11-8-22-14-23)12-16-4-2-5-18(20)19(16)21/h2,4-8,11,14H,3,9-10,12-13H2,1H3. The number of aryl methyl sites for hydroxylation is 2. The van der Waals surface area contributed by atoms with Crippen molar-refractivity contribution in [3.63, 3.8) is 0 Å². The molecule has 0 amide bonds. The fourth-order valence-electron chi connectivity index (χ4n) is 2.81.